The fraction of sp³-hybridized carbons (Fsp3) is 0.933. The molecular weight excluding hydrogens is 309 g/mol. The summed E-state index contributed by atoms with van der Waals surface area (Å²) in [6.07, 6.45) is 6.46. The van der Waals surface area contributed by atoms with Crippen molar-refractivity contribution in [2.24, 2.45) is 0 Å². The standard InChI is InChI=1S/C15H31N3O.2ClH/c1-3-10-18(11-4-2)12-6-8-15(19)17-13-14-7-5-9-16-14;;/h14,16H,3-13H2,1-2H3,(H,17,19);2*1H. The molecule has 0 aromatic heterocycles. The third-order valence-corrected chi connectivity index (χ3v) is 3.67. The molecule has 1 saturated heterocycles. The topological polar surface area (TPSA) is 44.4 Å². The van der Waals surface area contributed by atoms with Crippen LogP contribution in [-0.2, 0) is 4.79 Å². The van der Waals surface area contributed by atoms with Gasteiger partial charge in [-0.05, 0) is 58.3 Å². The van der Waals surface area contributed by atoms with E-state index in [0.717, 1.165) is 39.1 Å². The summed E-state index contributed by atoms with van der Waals surface area (Å²) in [5, 5.41) is 6.44. The summed E-state index contributed by atoms with van der Waals surface area (Å²) < 4.78 is 0. The van der Waals surface area contributed by atoms with Gasteiger partial charge in [-0.1, -0.05) is 13.8 Å². The van der Waals surface area contributed by atoms with Gasteiger partial charge in [0.05, 0.1) is 0 Å². The van der Waals surface area contributed by atoms with Crippen LogP contribution in [0, 0.1) is 0 Å². The van der Waals surface area contributed by atoms with Crippen molar-refractivity contribution in [1.29, 1.82) is 0 Å². The molecule has 0 aliphatic carbocycles. The lowest BCUT2D eigenvalue weighted by molar-refractivity contribution is -0.121. The number of hydrogen-bond acceptors (Lipinski definition) is 3. The summed E-state index contributed by atoms with van der Waals surface area (Å²) in [6.45, 7) is 9.68. The van der Waals surface area contributed by atoms with E-state index in [1.54, 1.807) is 0 Å². The van der Waals surface area contributed by atoms with Gasteiger partial charge in [0, 0.05) is 19.0 Å². The van der Waals surface area contributed by atoms with Gasteiger partial charge in [0.1, 0.15) is 0 Å². The van der Waals surface area contributed by atoms with Crippen molar-refractivity contribution in [3.63, 3.8) is 0 Å². The molecule has 1 aliphatic heterocycles. The lowest BCUT2D eigenvalue weighted by Gasteiger charge is -2.20. The number of rotatable bonds is 10. The highest BCUT2D eigenvalue weighted by molar-refractivity contribution is 5.85. The van der Waals surface area contributed by atoms with E-state index in [4.69, 9.17) is 0 Å². The van der Waals surface area contributed by atoms with Gasteiger partial charge >= 0.3 is 0 Å². The Bertz CT molecular complexity index is 243. The maximum absolute atomic E-state index is 11.7. The Balaban J connectivity index is 0. The normalized spacial score (nSPS) is 17.2. The van der Waals surface area contributed by atoms with Gasteiger partial charge in [-0.3, -0.25) is 4.79 Å². The van der Waals surface area contributed by atoms with Crippen LogP contribution in [0.4, 0.5) is 0 Å². The number of carbonyl (C=O) groups excluding carboxylic acids is 1. The number of hydrogen-bond donors (Lipinski definition) is 2. The Morgan fingerprint density at radius 2 is 1.86 bits per heavy atom. The van der Waals surface area contributed by atoms with Crippen LogP contribution in [0.25, 0.3) is 0 Å². The Hall–Kier alpha value is -0.0300. The van der Waals surface area contributed by atoms with Gasteiger partial charge in [0.2, 0.25) is 5.91 Å². The molecule has 0 spiro atoms. The summed E-state index contributed by atoms with van der Waals surface area (Å²) in [4.78, 5) is 14.2. The number of halogens is 2. The van der Waals surface area contributed by atoms with Crippen molar-refractivity contribution in [2.45, 2.75) is 58.4 Å². The number of nitrogens with one attached hydrogen (secondary N) is 2. The smallest absolute Gasteiger partial charge is 0.220 e. The fourth-order valence-corrected chi connectivity index (χ4v) is 2.69. The molecule has 0 bridgehead atoms. The van der Waals surface area contributed by atoms with Crippen molar-refractivity contribution >= 4 is 30.7 Å². The first-order chi connectivity index (χ1) is 9.26. The largest absolute Gasteiger partial charge is 0.355 e. The quantitative estimate of drug-likeness (QED) is 0.641. The SMILES string of the molecule is CCCN(CCC)CCCC(=O)NCC1CCCN1.Cl.Cl. The number of amides is 1. The van der Waals surface area contributed by atoms with Gasteiger partial charge < -0.3 is 15.5 Å². The van der Waals surface area contributed by atoms with Crippen LogP contribution in [0.1, 0.15) is 52.4 Å². The average Bonchev–Trinajstić information content (AvgIpc) is 2.90. The second-order valence-corrected chi connectivity index (χ2v) is 5.54. The van der Waals surface area contributed by atoms with Crippen LogP contribution >= 0.6 is 24.8 Å². The van der Waals surface area contributed by atoms with Crippen LogP contribution in [0.15, 0.2) is 0 Å². The highest BCUT2D eigenvalue weighted by Crippen LogP contribution is 2.03. The molecule has 1 atom stereocenters. The van der Waals surface area contributed by atoms with Crippen LogP contribution in [0.3, 0.4) is 0 Å². The zero-order valence-corrected chi connectivity index (χ0v) is 15.2. The minimum atomic E-state index is 0. The van der Waals surface area contributed by atoms with E-state index < -0.39 is 0 Å². The molecule has 1 heterocycles. The predicted octanol–water partition coefficient (Wildman–Crippen LogP) is 2.60. The van der Waals surface area contributed by atoms with Gasteiger partial charge in [-0.2, -0.15) is 0 Å². The van der Waals surface area contributed by atoms with E-state index in [1.165, 1.54) is 25.7 Å². The third-order valence-electron chi connectivity index (χ3n) is 3.67. The molecule has 21 heavy (non-hydrogen) atoms. The maximum atomic E-state index is 11.7. The first kappa shape index (κ1) is 23.2. The van der Waals surface area contributed by atoms with Gasteiger partial charge in [0.25, 0.3) is 0 Å². The summed E-state index contributed by atoms with van der Waals surface area (Å²) in [6, 6.07) is 0.501. The molecule has 0 radical (unpaired) electrons. The van der Waals surface area contributed by atoms with Crippen molar-refractivity contribution in [3.8, 4) is 0 Å². The van der Waals surface area contributed by atoms with Crippen molar-refractivity contribution in [3.05, 3.63) is 0 Å². The van der Waals surface area contributed by atoms with E-state index >= 15 is 0 Å². The van der Waals surface area contributed by atoms with E-state index in [-0.39, 0.29) is 30.7 Å². The summed E-state index contributed by atoms with van der Waals surface area (Å²) >= 11 is 0. The molecule has 0 aromatic carbocycles. The molecule has 0 aromatic rings. The van der Waals surface area contributed by atoms with E-state index in [2.05, 4.69) is 29.4 Å². The minimum absolute atomic E-state index is 0. The van der Waals surface area contributed by atoms with E-state index in [0.29, 0.717) is 12.5 Å². The third kappa shape index (κ3) is 11.2. The van der Waals surface area contributed by atoms with Crippen LogP contribution in [-0.4, -0.2) is 49.6 Å². The minimum Gasteiger partial charge on any atom is -0.355 e. The van der Waals surface area contributed by atoms with Crippen molar-refractivity contribution in [1.82, 2.24) is 15.5 Å². The van der Waals surface area contributed by atoms with Crippen LogP contribution in [0.5, 0.6) is 0 Å². The molecule has 4 nitrogen and oxygen atoms in total. The second kappa shape index (κ2) is 14.9. The second-order valence-electron chi connectivity index (χ2n) is 5.54. The summed E-state index contributed by atoms with van der Waals surface area (Å²) in [7, 11) is 0. The monoisotopic (exact) mass is 341 g/mol. The predicted molar refractivity (Wildman–Crippen MR) is 94.8 cm³/mol. The molecule has 1 fully saturated rings. The molecule has 0 saturated carbocycles. The molecule has 1 aliphatic rings. The van der Waals surface area contributed by atoms with Crippen molar-refractivity contribution in [2.75, 3.05) is 32.7 Å². The van der Waals surface area contributed by atoms with Crippen LogP contribution < -0.4 is 10.6 Å². The van der Waals surface area contributed by atoms with E-state index in [1.807, 2.05) is 0 Å². The summed E-state index contributed by atoms with van der Waals surface area (Å²) in [5.74, 6) is 0.210. The zero-order valence-electron chi connectivity index (χ0n) is 13.5. The molecule has 1 amide bonds. The molecule has 1 rings (SSSR count). The Kier molecular flexibility index (Phi) is 16.5. The summed E-state index contributed by atoms with van der Waals surface area (Å²) in [5.41, 5.74) is 0. The highest BCUT2D eigenvalue weighted by Gasteiger charge is 2.14. The Morgan fingerprint density at radius 3 is 2.38 bits per heavy atom. The van der Waals surface area contributed by atoms with Crippen LogP contribution in [0.2, 0.25) is 0 Å². The number of carbonyl (C=O) groups is 1. The molecular formula is C15H33Cl2N3O. The lowest BCUT2D eigenvalue weighted by atomic mass is 10.2. The Morgan fingerprint density at radius 1 is 1.19 bits per heavy atom. The average molecular weight is 342 g/mol. The highest BCUT2D eigenvalue weighted by atomic mass is 35.5. The first-order valence-electron chi connectivity index (χ1n) is 7.98. The van der Waals surface area contributed by atoms with E-state index in [9.17, 15) is 4.79 Å². The van der Waals surface area contributed by atoms with Gasteiger partial charge in [-0.25, -0.2) is 0 Å². The van der Waals surface area contributed by atoms with Gasteiger partial charge in [0.15, 0.2) is 0 Å². The first-order valence-corrected chi connectivity index (χ1v) is 7.98. The zero-order chi connectivity index (χ0) is 13.9. The lowest BCUT2D eigenvalue weighted by Crippen LogP contribution is -2.37. The fourth-order valence-electron chi connectivity index (χ4n) is 2.69. The molecule has 1 unspecified atom stereocenters. The van der Waals surface area contributed by atoms with Gasteiger partial charge in [-0.15, -0.1) is 24.8 Å². The number of nitrogens with zero attached hydrogens (tertiary/aromatic N) is 1. The molecule has 128 valence electrons. The molecule has 2 N–H and O–H groups in total. The Labute approximate surface area is 142 Å². The maximum Gasteiger partial charge on any atom is 0.220 e. The van der Waals surface area contributed by atoms with Crippen molar-refractivity contribution < 1.29 is 4.79 Å². The molecule has 6 heteroatoms.